The van der Waals surface area contributed by atoms with Gasteiger partial charge in [0.15, 0.2) is 0 Å². The molecule has 0 amide bonds. The molecule has 50 valence electrons. The standard InChI is InChI=1S/2C2H4O2.3K.H/c2*1-2(3)4;;;;/h2*1H3,(H,3,4);;;;/q;;3*+1;-1/p-2. The largest absolute Gasteiger partial charge is 1.00 e. The van der Waals surface area contributed by atoms with Crippen LogP contribution in [-0.2, 0) is 9.59 Å². The molecule has 0 aliphatic heterocycles. The number of carboxylic acids is 2. The van der Waals surface area contributed by atoms with Crippen molar-refractivity contribution in [1.29, 1.82) is 0 Å². The van der Waals surface area contributed by atoms with Crippen LogP contribution in [0.15, 0.2) is 0 Å². The first-order valence-electron chi connectivity index (χ1n) is 1.82. The molecule has 0 saturated carbocycles. The van der Waals surface area contributed by atoms with Crippen LogP contribution in [-0.4, -0.2) is 11.9 Å². The van der Waals surface area contributed by atoms with Gasteiger partial charge in [-0.05, 0) is 13.8 Å². The number of carboxylic acid groups (broad SMARTS) is 2. The third kappa shape index (κ3) is 131. The van der Waals surface area contributed by atoms with Crippen LogP contribution in [0.2, 0.25) is 0 Å². The van der Waals surface area contributed by atoms with E-state index in [1.807, 2.05) is 0 Å². The smallest absolute Gasteiger partial charge is 1.00 e. The van der Waals surface area contributed by atoms with E-state index >= 15 is 0 Å². The van der Waals surface area contributed by atoms with E-state index in [1.165, 1.54) is 0 Å². The molecule has 0 aromatic rings. The molecule has 0 bridgehead atoms. The molecule has 4 nitrogen and oxygen atoms in total. The van der Waals surface area contributed by atoms with Crippen molar-refractivity contribution in [2.45, 2.75) is 13.8 Å². The molecule has 0 heterocycles. The second kappa shape index (κ2) is 23.6. The van der Waals surface area contributed by atoms with E-state index in [0.717, 1.165) is 13.8 Å². The van der Waals surface area contributed by atoms with Gasteiger partial charge < -0.3 is 21.2 Å². The molecule has 0 rings (SSSR count). The topological polar surface area (TPSA) is 80.3 Å². The van der Waals surface area contributed by atoms with E-state index < -0.39 is 11.9 Å². The van der Waals surface area contributed by atoms with Crippen LogP contribution < -0.4 is 164 Å². The summed E-state index contributed by atoms with van der Waals surface area (Å²) in [5, 5.41) is 17.8. The van der Waals surface area contributed by atoms with E-state index in [0.29, 0.717) is 0 Å². The zero-order chi connectivity index (χ0) is 7.15. The number of hydrogen-bond donors (Lipinski definition) is 0. The SMILES string of the molecule is CC(=O)[O-].CC(=O)[O-].[H-].[K+].[K+].[K+]. The van der Waals surface area contributed by atoms with Crippen LogP contribution in [0.4, 0.5) is 0 Å². The summed E-state index contributed by atoms with van der Waals surface area (Å²) in [6.07, 6.45) is 0. The summed E-state index contributed by atoms with van der Waals surface area (Å²) in [7, 11) is 0. The first kappa shape index (κ1) is 29.4. The monoisotopic (exact) mass is 236 g/mol. The average Bonchev–Trinajstić information content (AvgIpc) is 1.25. The Kier molecular flexibility index (Phi) is 62.9. The molecule has 11 heavy (non-hydrogen) atoms. The van der Waals surface area contributed by atoms with E-state index in [-0.39, 0.29) is 156 Å². The predicted octanol–water partition coefficient (Wildman–Crippen LogP) is -11.4. The molecule has 0 aliphatic rings. The molecule has 0 aromatic heterocycles. The Labute approximate surface area is 195 Å². The Morgan fingerprint density at radius 1 is 0.909 bits per heavy atom. The third-order valence-corrected chi connectivity index (χ3v) is 0. The van der Waals surface area contributed by atoms with E-state index in [1.54, 1.807) is 0 Å². The molecule has 0 N–H and O–H groups in total. The maximum absolute atomic E-state index is 8.89. The van der Waals surface area contributed by atoms with Crippen molar-refractivity contribution in [3.8, 4) is 0 Å². The second-order valence-electron chi connectivity index (χ2n) is 0.983. The Morgan fingerprint density at radius 2 is 0.909 bits per heavy atom. The molecule has 0 spiro atoms. The van der Waals surface area contributed by atoms with Gasteiger partial charge in [-0.1, -0.05) is 0 Å². The maximum Gasteiger partial charge on any atom is 1.00 e. The summed E-state index contributed by atoms with van der Waals surface area (Å²) in [6, 6.07) is 0. The first-order chi connectivity index (χ1) is 3.46. The predicted molar refractivity (Wildman–Crippen MR) is 22.5 cm³/mol. The summed E-state index contributed by atoms with van der Waals surface area (Å²) < 4.78 is 0. The zero-order valence-corrected chi connectivity index (χ0v) is 17.0. The van der Waals surface area contributed by atoms with Crippen LogP contribution in [0.25, 0.3) is 0 Å². The van der Waals surface area contributed by atoms with Crippen LogP contribution >= 0.6 is 0 Å². The third-order valence-electron chi connectivity index (χ3n) is 0. The minimum absolute atomic E-state index is 0. The Balaban J connectivity index is -0.0000000112. The average molecular weight is 236 g/mol. The zero-order valence-electron chi connectivity index (χ0n) is 8.63. The minimum atomic E-state index is -1.08. The van der Waals surface area contributed by atoms with Gasteiger partial charge in [0.2, 0.25) is 0 Å². The molecule has 0 saturated heterocycles. The van der Waals surface area contributed by atoms with Crippen LogP contribution in [0.1, 0.15) is 15.3 Å². The Hall–Kier alpha value is 3.85. The minimum Gasteiger partial charge on any atom is -1.00 e. The van der Waals surface area contributed by atoms with E-state index in [9.17, 15) is 0 Å². The van der Waals surface area contributed by atoms with Crippen LogP contribution in [0.5, 0.6) is 0 Å². The van der Waals surface area contributed by atoms with Gasteiger partial charge >= 0.3 is 154 Å². The number of aliphatic carboxylic acids is 2. The molecule has 0 fully saturated rings. The fraction of sp³-hybridized carbons (Fsp3) is 0.500. The van der Waals surface area contributed by atoms with Crippen molar-refractivity contribution < 1.29 is 175 Å². The van der Waals surface area contributed by atoms with Gasteiger partial charge in [0, 0.05) is 11.9 Å². The van der Waals surface area contributed by atoms with Crippen molar-refractivity contribution in [2.24, 2.45) is 0 Å². The fourth-order valence-corrected chi connectivity index (χ4v) is 0. The van der Waals surface area contributed by atoms with Gasteiger partial charge in [0.05, 0.1) is 0 Å². The quantitative estimate of drug-likeness (QED) is 0.391. The molecular formula is C4H7K3O4. The summed E-state index contributed by atoms with van der Waals surface area (Å²) >= 11 is 0. The fourth-order valence-electron chi connectivity index (χ4n) is 0. The van der Waals surface area contributed by atoms with Gasteiger partial charge in [0.25, 0.3) is 0 Å². The number of carbonyl (C=O) groups excluding carboxylic acids is 2. The normalized spacial score (nSPS) is 4.55. The summed E-state index contributed by atoms with van der Waals surface area (Å²) in [6.45, 7) is 1.94. The molecule has 7 heteroatoms. The number of carbonyl (C=O) groups is 2. The van der Waals surface area contributed by atoms with Crippen molar-refractivity contribution in [2.75, 3.05) is 0 Å². The molecule has 0 radical (unpaired) electrons. The Morgan fingerprint density at radius 3 is 0.909 bits per heavy atom. The summed E-state index contributed by atoms with van der Waals surface area (Å²) in [5.74, 6) is -2.17. The van der Waals surface area contributed by atoms with Crippen LogP contribution in [0.3, 0.4) is 0 Å². The molecule has 0 aromatic carbocycles. The van der Waals surface area contributed by atoms with Crippen molar-refractivity contribution in [1.82, 2.24) is 0 Å². The van der Waals surface area contributed by atoms with Crippen molar-refractivity contribution >= 4 is 11.9 Å². The van der Waals surface area contributed by atoms with Gasteiger partial charge in [-0.3, -0.25) is 0 Å². The molecule has 0 unspecified atom stereocenters. The molecule has 0 aliphatic carbocycles. The van der Waals surface area contributed by atoms with E-state index in [4.69, 9.17) is 19.8 Å². The van der Waals surface area contributed by atoms with Gasteiger partial charge in [-0.25, -0.2) is 0 Å². The number of rotatable bonds is 0. The summed E-state index contributed by atoms with van der Waals surface area (Å²) in [5.41, 5.74) is 0. The van der Waals surface area contributed by atoms with E-state index in [2.05, 4.69) is 0 Å². The molecule has 0 atom stereocenters. The second-order valence-corrected chi connectivity index (χ2v) is 0.983. The van der Waals surface area contributed by atoms with Crippen molar-refractivity contribution in [3.63, 3.8) is 0 Å². The van der Waals surface area contributed by atoms with Gasteiger partial charge in [-0.2, -0.15) is 0 Å². The van der Waals surface area contributed by atoms with Gasteiger partial charge in [-0.15, -0.1) is 0 Å². The maximum atomic E-state index is 8.89. The van der Waals surface area contributed by atoms with Gasteiger partial charge in [0.1, 0.15) is 0 Å². The first-order valence-corrected chi connectivity index (χ1v) is 1.82. The van der Waals surface area contributed by atoms with Crippen LogP contribution in [0, 0.1) is 0 Å². The summed E-state index contributed by atoms with van der Waals surface area (Å²) in [4.78, 5) is 17.8. The number of hydrogen-bond acceptors (Lipinski definition) is 4. The Bertz CT molecular complexity index is 80.3. The van der Waals surface area contributed by atoms with Crippen molar-refractivity contribution in [3.05, 3.63) is 0 Å². The molecular weight excluding hydrogens is 229 g/mol.